The van der Waals surface area contributed by atoms with Gasteiger partial charge < -0.3 is 5.11 Å². The number of carboxylic acid groups (broad SMARTS) is 1. The van der Waals surface area contributed by atoms with Crippen molar-refractivity contribution in [3.8, 4) is 10.4 Å². The van der Waals surface area contributed by atoms with Gasteiger partial charge in [0.15, 0.2) is 9.84 Å². The summed E-state index contributed by atoms with van der Waals surface area (Å²) in [5, 5.41) is 9.98. The molecule has 0 fully saturated rings. The number of thiophene rings is 1. The third kappa shape index (κ3) is 4.11. The van der Waals surface area contributed by atoms with Gasteiger partial charge in [0.2, 0.25) is 0 Å². The average Bonchev–Trinajstić information content (AvgIpc) is 3.02. The van der Waals surface area contributed by atoms with Crippen molar-refractivity contribution in [1.29, 1.82) is 0 Å². The van der Waals surface area contributed by atoms with Crippen LogP contribution in [-0.2, 0) is 15.6 Å². The second-order valence-electron chi connectivity index (χ2n) is 6.40. The Kier molecular flexibility index (Phi) is 5.61. The van der Waals surface area contributed by atoms with Gasteiger partial charge in [0, 0.05) is 9.90 Å². The zero-order valence-corrected chi connectivity index (χ0v) is 17.4. The number of aryl methyl sites for hydroxylation is 2. The minimum absolute atomic E-state index is 0.0498. The zero-order chi connectivity index (χ0) is 20.6. The van der Waals surface area contributed by atoms with Crippen LogP contribution in [0.1, 0.15) is 26.4 Å². The molecule has 8 heteroatoms. The summed E-state index contributed by atoms with van der Waals surface area (Å²) in [6, 6.07) is 10.2. The molecule has 0 radical (unpaired) electrons. The fraction of sp³-hybridized carbons (Fsp3) is 0.150. The predicted octanol–water partition coefficient (Wildman–Crippen LogP) is 5.50. The minimum Gasteiger partial charge on any atom is -0.477 e. The Morgan fingerprint density at radius 1 is 1.11 bits per heavy atom. The smallest absolute Gasteiger partial charge is 0.346 e. The standard InChI is InChI=1S/C20H16ClFO4S2/c1-11-8-18(12(2)7-16(11)21)28(25,26)10-14-9-17(27-19(14)20(23)24)13-3-5-15(22)6-4-13/h3-9H,10H2,1-2H3,(H,23,24). The maximum absolute atomic E-state index is 13.1. The van der Waals surface area contributed by atoms with Crippen LogP contribution in [0.25, 0.3) is 10.4 Å². The Morgan fingerprint density at radius 3 is 2.36 bits per heavy atom. The third-order valence-electron chi connectivity index (χ3n) is 4.27. The van der Waals surface area contributed by atoms with E-state index in [4.69, 9.17) is 11.6 Å². The number of halogens is 2. The minimum atomic E-state index is -3.79. The van der Waals surface area contributed by atoms with Crippen LogP contribution in [0.4, 0.5) is 4.39 Å². The Morgan fingerprint density at radius 2 is 1.75 bits per heavy atom. The van der Waals surface area contributed by atoms with E-state index in [1.54, 1.807) is 19.9 Å². The molecule has 1 heterocycles. The van der Waals surface area contributed by atoms with Gasteiger partial charge in [0.05, 0.1) is 10.6 Å². The number of hydrogen-bond donors (Lipinski definition) is 1. The summed E-state index contributed by atoms with van der Waals surface area (Å²) in [5.74, 6) is -2.06. The van der Waals surface area contributed by atoms with Crippen LogP contribution in [0.2, 0.25) is 5.02 Å². The van der Waals surface area contributed by atoms with Crippen molar-refractivity contribution < 1.29 is 22.7 Å². The molecule has 0 saturated carbocycles. The molecular formula is C20H16ClFO4S2. The van der Waals surface area contributed by atoms with E-state index < -0.39 is 27.4 Å². The molecule has 2 aromatic carbocycles. The second-order valence-corrected chi connectivity index (χ2v) is 9.82. The second kappa shape index (κ2) is 7.66. The van der Waals surface area contributed by atoms with Crippen molar-refractivity contribution in [1.82, 2.24) is 0 Å². The quantitative estimate of drug-likeness (QED) is 0.571. The van der Waals surface area contributed by atoms with Gasteiger partial charge in [-0.05, 0) is 66.4 Å². The molecule has 0 spiro atoms. The van der Waals surface area contributed by atoms with Crippen molar-refractivity contribution >= 4 is 38.7 Å². The SMILES string of the molecule is Cc1cc(S(=O)(=O)Cc2cc(-c3ccc(F)cc3)sc2C(=O)O)c(C)cc1Cl. The van der Waals surface area contributed by atoms with E-state index in [9.17, 15) is 22.7 Å². The molecule has 0 aliphatic rings. The average molecular weight is 439 g/mol. The number of carboxylic acids is 1. The van der Waals surface area contributed by atoms with Gasteiger partial charge in [-0.3, -0.25) is 0 Å². The predicted molar refractivity (Wildman–Crippen MR) is 108 cm³/mol. The molecule has 3 aromatic rings. The molecule has 0 saturated heterocycles. The third-order valence-corrected chi connectivity index (χ3v) is 7.69. The zero-order valence-electron chi connectivity index (χ0n) is 15.0. The Bertz CT molecular complexity index is 1170. The lowest BCUT2D eigenvalue weighted by molar-refractivity contribution is 0.0701. The highest BCUT2D eigenvalue weighted by Crippen LogP contribution is 2.34. The highest BCUT2D eigenvalue weighted by Gasteiger charge is 2.25. The fourth-order valence-corrected chi connectivity index (χ4v) is 5.88. The Hall–Kier alpha value is -2.22. The number of rotatable bonds is 5. The molecule has 0 aliphatic carbocycles. The normalized spacial score (nSPS) is 11.6. The van der Waals surface area contributed by atoms with Gasteiger partial charge in [0.1, 0.15) is 10.7 Å². The van der Waals surface area contributed by atoms with Gasteiger partial charge in [-0.25, -0.2) is 17.6 Å². The van der Waals surface area contributed by atoms with Crippen LogP contribution in [0.15, 0.2) is 47.4 Å². The van der Waals surface area contributed by atoms with E-state index in [0.717, 1.165) is 11.3 Å². The topological polar surface area (TPSA) is 71.4 Å². The van der Waals surface area contributed by atoms with E-state index >= 15 is 0 Å². The highest BCUT2D eigenvalue weighted by atomic mass is 35.5. The number of benzene rings is 2. The monoisotopic (exact) mass is 438 g/mol. The van der Waals surface area contributed by atoms with Crippen LogP contribution < -0.4 is 0 Å². The maximum Gasteiger partial charge on any atom is 0.346 e. The molecular weight excluding hydrogens is 423 g/mol. The van der Waals surface area contributed by atoms with E-state index in [2.05, 4.69) is 0 Å². The van der Waals surface area contributed by atoms with Crippen molar-refractivity contribution in [2.24, 2.45) is 0 Å². The van der Waals surface area contributed by atoms with Gasteiger partial charge in [0.25, 0.3) is 0 Å². The molecule has 0 atom stereocenters. The summed E-state index contributed by atoms with van der Waals surface area (Å²) in [5.41, 5.74) is 1.95. The van der Waals surface area contributed by atoms with Crippen molar-refractivity contribution in [3.63, 3.8) is 0 Å². The molecule has 0 bridgehead atoms. The van der Waals surface area contributed by atoms with Crippen molar-refractivity contribution in [2.45, 2.75) is 24.5 Å². The van der Waals surface area contributed by atoms with Crippen molar-refractivity contribution in [2.75, 3.05) is 0 Å². The molecule has 28 heavy (non-hydrogen) atoms. The first kappa shape index (κ1) is 20.5. The van der Waals surface area contributed by atoms with E-state index in [0.29, 0.717) is 26.6 Å². The van der Waals surface area contributed by atoms with Crippen LogP contribution in [0.5, 0.6) is 0 Å². The molecule has 1 N–H and O–H groups in total. The molecule has 146 valence electrons. The van der Waals surface area contributed by atoms with Crippen LogP contribution in [0, 0.1) is 19.7 Å². The van der Waals surface area contributed by atoms with Gasteiger partial charge in [-0.2, -0.15) is 0 Å². The first-order valence-corrected chi connectivity index (χ1v) is 11.0. The summed E-state index contributed by atoms with van der Waals surface area (Å²) in [7, 11) is -3.79. The fourth-order valence-electron chi connectivity index (χ4n) is 2.85. The summed E-state index contributed by atoms with van der Waals surface area (Å²) in [4.78, 5) is 12.3. The lowest BCUT2D eigenvalue weighted by atomic mass is 10.1. The van der Waals surface area contributed by atoms with Crippen LogP contribution in [0.3, 0.4) is 0 Å². The van der Waals surface area contributed by atoms with Gasteiger partial charge >= 0.3 is 5.97 Å². The molecule has 4 nitrogen and oxygen atoms in total. The summed E-state index contributed by atoms with van der Waals surface area (Å²) < 4.78 is 39.1. The van der Waals surface area contributed by atoms with Crippen molar-refractivity contribution in [3.05, 3.63) is 74.9 Å². The highest BCUT2D eigenvalue weighted by molar-refractivity contribution is 7.90. The molecule has 0 aliphatic heterocycles. The maximum atomic E-state index is 13.1. The lowest BCUT2D eigenvalue weighted by Gasteiger charge is -2.10. The number of hydrogen-bond acceptors (Lipinski definition) is 4. The summed E-state index contributed by atoms with van der Waals surface area (Å²) >= 11 is 7.01. The Balaban J connectivity index is 2.05. The first-order valence-electron chi connectivity index (χ1n) is 8.20. The molecule has 3 rings (SSSR count). The van der Waals surface area contributed by atoms with Crippen LogP contribution >= 0.6 is 22.9 Å². The summed E-state index contributed by atoms with van der Waals surface area (Å²) in [6.07, 6.45) is 0. The van der Waals surface area contributed by atoms with E-state index in [1.807, 2.05) is 0 Å². The van der Waals surface area contributed by atoms with Gasteiger partial charge in [-0.1, -0.05) is 23.7 Å². The summed E-state index contributed by atoms with van der Waals surface area (Å²) in [6.45, 7) is 3.36. The van der Waals surface area contributed by atoms with E-state index in [1.165, 1.54) is 36.4 Å². The molecule has 0 amide bonds. The first-order chi connectivity index (χ1) is 13.1. The molecule has 0 unspecified atom stereocenters. The van der Waals surface area contributed by atoms with Crippen LogP contribution in [-0.4, -0.2) is 19.5 Å². The number of aromatic carboxylic acids is 1. The van der Waals surface area contributed by atoms with Gasteiger partial charge in [-0.15, -0.1) is 11.3 Å². The van der Waals surface area contributed by atoms with E-state index in [-0.39, 0.29) is 15.3 Å². The lowest BCUT2D eigenvalue weighted by Crippen LogP contribution is -2.09. The number of carbonyl (C=O) groups is 1. The molecule has 1 aromatic heterocycles. The number of sulfone groups is 1. The largest absolute Gasteiger partial charge is 0.477 e. The Labute approximate surface area is 171 Å².